The van der Waals surface area contributed by atoms with E-state index in [0.717, 1.165) is 0 Å². The Morgan fingerprint density at radius 3 is 2.54 bits per heavy atom. The highest BCUT2D eigenvalue weighted by Crippen LogP contribution is 2.36. The molecule has 0 aromatic rings. The van der Waals surface area contributed by atoms with E-state index in [0.29, 0.717) is 38.0 Å². The number of nitrogens with zero attached hydrogens (tertiary/aromatic N) is 1. The summed E-state index contributed by atoms with van der Waals surface area (Å²) in [7, 11) is 0. The van der Waals surface area contributed by atoms with Gasteiger partial charge < -0.3 is 14.4 Å². The summed E-state index contributed by atoms with van der Waals surface area (Å²) >= 11 is 0. The van der Waals surface area contributed by atoms with Crippen LogP contribution in [-0.4, -0.2) is 54.6 Å². The van der Waals surface area contributed by atoms with E-state index in [1.165, 1.54) is 4.90 Å². The van der Waals surface area contributed by atoms with E-state index in [-0.39, 0.29) is 36.8 Å². The zero-order valence-corrected chi connectivity index (χ0v) is 15.1. The van der Waals surface area contributed by atoms with Crippen molar-refractivity contribution < 1.29 is 27.8 Å². The summed E-state index contributed by atoms with van der Waals surface area (Å²) in [5, 5.41) is 0. The normalized spacial score (nSPS) is 26.1. The van der Waals surface area contributed by atoms with Gasteiger partial charge >= 0.3 is 5.92 Å². The van der Waals surface area contributed by atoms with Crippen LogP contribution in [0.3, 0.4) is 0 Å². The largest absolute Gasteiger partial charge is 0.347 e. The Morgan fingerprint density at radius 2 is 1.96 bits per heavy atom. The maximum Gasteiger partial charge on any atom is 0.328 e. The van der Waals surface area contributed by atoms with E-state index >= 15 is 0 Å². The molecule has 0 aromatic carbocycles. The molecule has 0 N–H and O–H groups in total. The van der Waals surface area contributed by atoms with Crippen LogP contribution in [0.5, 0.6) is 0 Å². The molecule has 2 aliphatic heterocycles. The molecular weight excluding hydrogens is 344 g/mol. The first-order chi connectivity index (χ1) is 12.2. The Bertz CT molecular complexity index is 627. The average molecular weight is 369 g/mol. The molecule has 144 valence electrons. The van der Waals surface area contributed by atoms with Crippen molar-refractivity contribution in [3.63, 3.8) is 0 Å². The van der Waals surface area contributed by atoms with Gasteiger partial charge in [0.15, 0.2) is 11.6 Å². The van der Waals surface area contributed by atoms with Crippen LogP contribution < -0.4 is 0 Å². The third kappa shape index (κ3) is 3.88. The number of hydrogen-bond acceptors (Lipinski definition) is 4. The number of likely N-dealkylation sites (tertiary alicyclic amines) is 1. The minimum Gasteiger partial charge on any atom is -0.347 e. The van der Waals surface area contributed by atoms with Crippen molar-refractivity contribution in [2.75, 3.05) is 26.3 Å². The molecule has 2 saturated heterocycles. The Hall–Kier alpha value is -1.60. The van der Waals surface area contributed by atoms with Crippen LogP contribution in [0.2, 0.25) is 0 Å². The highest BCUT2D eigenvalue weighted by atomic mass is 19.3. The highest BCUT2D eigenvalue weighted by molar-refractivity contribution is 5.95. The summed E-state index contributed by atoms with van der Waals surface area (Å²) in [6.07, 6.45) is 2.54. The maximum absolute atomic E-state index is 14.5. The first kappa shape index (κ1) is 19.2. The summed E-state index contributed by atoms with van der Waals surface area (Å²) in [4.78, 5) is 25.3. The van der Waals surface area contributed by atoms with Crippen molar-refractivity contribution >= 4 is 11.7 Å². The number of Topliss-reactive ketones (excluding diaryl/α,β-unsaturated/α-hetero) is 1. The summed E-state index contributed by atoms with van der Waals surface area (Å²) in [6, 6.07) is 0. The molecule has 0 saturated carbocycles. The molecule has 5 nitrogen and oxygen atoms in total. The molecule has 1 aliphatic carbocycles. The predicted octanol–water partition coefficient (Wildman–Crippen LogP) is 2.86. The van der Waals surface area contributed by atoms with Gasteiger partial charge in [-0.05, 0) is 24.8 Å². The van der Waals surface area contributed by atoms with Crippen molar-refractivity contribution in [3.8, 4) is 0 Å². The lowest BCUT2D eigenvalue weighted by atomic mass is 9.82. The van der Waals surface area contributed by atoms with Crippen molar-refractivity contribution in [1.82, 2.24) is 4.90 Å². The second-order valence-corrected chi connectivity index (χ2v) is 7.39. The van der Waals surface area contributed by atoms with E-state index in [9.17, 15) is 18.4 Å². The molecule has 0 aromatic heterocycles. The number of alkyl halides is 2. The van der Waals surface area contributed by atoms with Gasteiger partial charge in [0, 0.05) is 38.8 Å². The number of ether oxygens (including phenoxy) is 2. The van der Waals surface area contributed by atoms with E-state index in [4.69, 9.17) is 9.47 Å². The van der Waals surface area contributed by atoms with E-state index in [1.807, 2.05) is 0 Å². The monoisotopic (exact) mass is 369 g/mol. The summed E-state index contributed by atoms with van der Waals surface area (Å²) in [5.41, 5.74) is 0.923. The predicted molar refractivity (Wildman–Crippen MR) is 90.6 cm³/mol. The van der Waals surface area contributed by atoms with Crippen LogP contribution in [0.1, 0.15) is 39.0 Å². The van der Waals surface area contributed by atoms with Gasteiger partial charge in [0.1, 0.15) is 0 Å². The maximum atomic E-state index is 14.5. The highest BCUT2D eigenvalue weighted by Gasteiger charge is 2.47. The molecule has 2 heterocycles. The quantitative estimate of drug-likeness (QED) is 0.715. The summed E-state index contributed by atoms with van der Waals surface area (Å²) < 4.78 is 40.2. The molecular formula is C19H25F2NO4. The molecule has 3 aliphatic rings. The van der Waals surface area contributed by atoms with Crippen molar-refractivity contribution in [2.45, 2.75) is 50.7 Å². The zero-order valence-electron chi connectivity index (χ0n) is 15.1. The zero-order chi connectivity index (χ0) is 18.9. The van der Waals surface area contributed by atoms with E-state index < -0.39 is 24.0 Å². The lowest BCUT2D eigenvalue weighted by Gasteiger charge is -2.38. The topological polar surface area (TPSA) is 55.8 Å². The third-order valence-corrected chi connectivity index (χ3v) is 5.55. The third-order valence-electron chi connectivity index (χ3n) is 5.55. The molecule has 0 radical (unpaired) electrons. The molecule has 0 unspecified atom stereocenters. The van der Waals surface area contributed by atoms with Gasteiger partial charge in [-0.3, -0.25) is 9.59 Å². The van der Waals surface area contributed by atoms with Crippen LogP contribution in [0.25, 0.3) is 0 Å². The number of amides is 1. The number of allylic oxidation sites excluding steroid dienone is 3. The number of carbonyl (C=O) groups is 2. The fourth-order valence-electron chi connectivity index (χ4n) is 3.78. The Balaban J connectivity index is 1.56. The Labute approximate surface area is 152 Å². The number of rotatable bonds is 4. The second kappa shape index (κ2) is 7.19. The number of hydrogen-bond donors (Lipinski definition) is 0. The summed E-state index contributed by atoms with van der Waals surface area (Å²) in [6.45, 7) is 6.83. The van der Waals surface area contributed by atoms with Crippen molar-refractivity contribution in [2.24, 2.45) is 5.92 Å². The lowest BCUT2D eigenvalue weighted by Crippen LogP contribution is -2.52. The standard InChI is InChI=1S/C19H25F2NO4/c1-13-3-4-15(11-16(13)23)14(2)12-19(20,21)17(24)22-7-5-18(6-8-22)25-9-10-26-18/h3,15H,2,4-12H2,1H3/t15-/m0/s1. The molecule has 7 heteroatoms. The van der Waals surface area contributed by atoms with Crippen LogP contribution in [0.4, 0.5) is 8.78 Å². The van der Waals surface area contributed by atoms with E-state index in [2.05, 4.69) is 6.58 Å². The molecule has 1 amide bonds. The van der Waals surface area contributed by atoms with Crippen molar-refractivity contribution in [1.29, 1.82) is 0 Å². The van der Waals surface area contributed by atoms with Gasteiger partial charge in [-0.15, -0.1) is 0 Å². The summed E-state index contributed by atoms with van der Waals surface area (Å²) in [5.74, 6) is -5.77. The minimum absolute atomic E-state index is 0.0464. The van der Waals surface area contributed by atoms with Crippen LogP contribution in [0, 0.1) is 5.92 Å². The SMILES string of the molecule is C=C(CC(F)(F)C(=O)N1CCC2(CC1)OCCO2)[C@H]1CC=C(C)C(=O)C1. The van der Waals surface area contributed by atoms with Crippen molar-refractivity contribution in [3.05, 3.63) is 23.8 Å². The number of ketones is 1. The molecule has 1 spiro atoms. The van der Waals surface area contributed by atoms with Gasteiger partial charge in [0.2, 0.25) is 0 Å². The van der Waals surface area contributed by atoms with Gasteiger partial charge in [-0.2, -0.15) is 8.78 Å². The number of carbonyl (C=O) groups excluding carboxylic acids is 2. The van der Waals surface area contributed by atoms with Gasteiger partial charge in [-0.25, -0.2) is 0 Å². The molecule has 1 atom stereocenters. The van der Waals surface area contributed by atoms with Gasteiger partial charge in [-0.1, -0.05) is 18.2 Å². The molecule has 0 bridgehead atoms. The first-order valence-electron chi connectivity index (χ1n) is 9.05. The fourth-order valence-corrected chi connectivity index (χ4v) is 3.78. The molecule has 2 fully saturated rings. The second-order valence-electron chi connectivity index (χ2n) is 7.39. The lowest BCUT2D eigenvalue weighted by molar-refractivity contribution is -0.194. The number of piperidine rings is 1. The van der Waals surface area contributed by atoms with Crippen LogP contribution >= 0.6 is 0 Å². The van der Waals surface area contributed by atoms with E-state index in [1.54, 1.807) is 13.0 Å². The van der Waals surface area contributed by atoms with Gasteiger partial charge in [0.05, 0.1) is 13.2 Å². The fraction of sp³-hybridized carbons (Fsp3) is 0.684. The number of halogens is 2. The average Bonchev–Trinajstić information content (AvgIpc) is 3.05. The Kier molecular flexibility index (Phi) is 5.30. The van der Waals surface area contributed by atoms with Gasteiger partial charge in [0.25, 0.3) is 5.91 Å². The molecule has 3 rings (SSSR count). The minimum atomic E-state index is -3.52. The molecule has 26 heavy (non-hydrogen) atoms. The Morgan fingerprint density at radius 1 is 1.35 bits per heavy atom. The first-order valence-corrected chi connectivity index (χ1v) is 9.05. The van der Waals surface area contributed by atoms with Crippen LogP contribution in [-0.2, 0) is 19.1 Å². The smallest absolute Gasteiger partial charge is 0.328 e. The van der Waals surface area contributed by atoms with Crippen LogP contribution in [0.15, 0.2) is 23.8 Å².